The average molecular weight is 345 g/mol. The molecule has 0 saturated carbocycles. The Labute approximate surface area is 111 Å². The van der Waals surface area contributed by atoms with Crippen LogP contribution in [0.4, 0.5) is 5.82 Å². The van der Waals surface area contributed by atoms with Crippen LogP contribution >= 0.6 is 22.6 Å². The first-order valence-corrected chi connectivity index (χ1v) is 6.29. The number of anilines is 1. The molecule has 90 valence electrons. The van der Waals surface area contributed by atoms with Crippen molar-refractivity contribution in [2.24, 2.45) is 0 Å². The largest absolute Gasteiger partial charge is 0.359 e. The molecule has 7 heteroatoms. The number of hydrogen-bond acceptors (Lipinski definition) is 4. The molecule has 0 bridgehead atoms. The van der Waals surface area contributed by atoms with Gasteiger partial charge in [-0.15, -0.1) is 0 Å². The lowest BCUT2D eigenvalue weighted by Gasteiger charge is -2.15. The highest BCUT2D eigenvalue weighted by atomic mass is 127. The van der Waals surface area contributed by atoms with Gasteiger partial charge in [0.25, 0.3) is 5.56 Å². The topological polar surface area (TPSA) is 86.5 Å². The molecule has 1 atom stereocenters. The molecular formula is C10H12IN5O. The number of aromatic nitrogens is 4. The third-order valence-electron chi connectivity index (χ3n) is 2.37. The Morgan fingerprint density at radius 1 is 1.47 bits per heavy atom. The van der Waals surface area contributed by atoms with Crippen LogP contribution in [0.2, 0.25) is 0 Å². The van der Waals surface area contributed by atoms with Crippen LogP contribution in [0.1, 0.15) is 25.2 Å². The maximum atomic E-state index is 11.4. The van der Waals surface area contributed by atoms with Gasteiger partial charge in [-0.25, -0.2) is 9.97 Å². The van der Waals surface area contributed by atoms with E-state index in [4.69, 9.17) is 0 Å². The van der Waals surface area contributed by atoms with Gasteiger partial charge in [-0.2, -0.15) is 0 Å². The van der Waals surface area contributed by atoms with Crippen molar-refractivity contribution in [1.82, 2.24) is 19.9 Å². The summed E-state index contributed by atoms with van der Waals surface area (Å²) in [6, 6.07) is 0.0211. The van der Waals surface area contributed by atoms with Gasteiger partial charge in [0.15, 0.2) is 0 Å². The van der Waals surface area contributed by atoms with Crippen LogP contribution in [-0.4, -0.2) is 19.9 Å². The van der Waals surface area contributed by atoms with Gasteiger partial charge in [-0.05, 0) is 29.0 Å². The van der Waals surface area contributed by atoms with Crippen molar-refractivity contribution < 1.29 is 0 Å². The first-order valence-electron chi connectivity index (χ1n) is 5.21. The molecule has 0 aromatic carbocycles. The highest BCUT2D eigenvalue weighted by molar-refractivity contribution is 14.1. The van der Waals surface area contributed by atoms with Gasteiger partial charge in [0.1, 0.15) is 15.2 Å². The summed E-state index contributed by atoms with van der Waals surface area (Å²) in [7, 11) is 0. The number of rotatable bonds is 4. The Morgan fingerprint density at radius 3 is 2.94 bits per heavy atom. The van der Waals surface area contributed by atoms with E-state index in [1.807, 2.05) is 29.5 Å². The minimum absolute atomic E-state index is 0.0211. The molecule has 0 aliphatic heterocycles. The molecule has 2 rings (SSSR count). The molecule has 0 aliphatic carbocycles. The summed E-state index contributed by atoms with van der Waals surface area (Å²) in [5, 5.41) is 3.21. The lowest BCUT2D eigenvalue weighted by atomic mass is 10.2. The fraction of sp³-hybridized carbons (Fsp3) is 0.300. The number of H-pyrrole nitrogens is 2. The second-order valence-electron chi connectivity index (χ2n) is 3.47. The van der Waals surface area contributed by atoms with Gasteiger partial charge >= 0.3 is 0 Å². The number of aromatic amines is 2. The zero-order valence-electron chi connectivity index (χ0n) is 9.20. The quantitative estimate of drug-likeness (QED) is 0.736. The first-order chi connectivity index (χ1) is 8.22. The van der Waals surface area contributed by atoms with Crippen molar-refractivity contribution in [2.75, 3.05) is 5.32 Å². The van der Waals surface area contributed by atoms with Crippen molar-refractivity contribution in [3.8, 4) is 0 Å². The molecule has 17 heavy (non-hydrogen) atoms. The maximum absolute atomic E-state index is 11.4. The highest BCUT2D eigenvalue weighted by Crippen LogP contribution is 2.19. The standard InChI is InChI=1S/C10H12IN5O/c1-2-6(8-12-3-4-13-8)16-9-7(11)10(17)15-5-14-9/h3-6H,2H2,1H3,(H,12,13)(H2,14,15,16,17). The Hall–Kier alpha value is -1.38. The highest BCUT2D eigenvalue weighted by Gasteiger charge is 2.14. The second-order valence-corrected chi connectivity index (χ2v) is 4.55. The minimum atomic E-state index is -0.141. The van der Waals surface area contributed by atoms with Crippen molar-refractivity contribution in [1.29, 1.82) is 0 Å². The number of halogens is 1. The van der Waals surface area contributed by atoms with Crippen molar-refractivity contribution in [3.63, 3.8) is 0 Å². The van der Waals surface area contributed by atoms with E-state index in [0.29, 0.717) is 9.39 Å². The smallest absolute Gasteiger partial charge is 0.266 e. The van der Waals surface area contributed by atoms with E-state index in [0.717, 1.165) is 12.2 Å². The summed E-state index contributed by atoms with van der Waals surface area (Å²) in [6.45, 7) is 2.04. The monoisotopic (exact) mass is 345 g/mol. The van der Waals surface area contributed by atoms with Gasteiger partial charge in [-0.1, -0.05) is 6.92 Å². The van der Waals surface area contributed by atoms with Crippen LogP contribution in [0, 0.1) is 3.57 Å². The van der Waals surface area contributed by atoms with E-state index in [9.17, 15) is 4.79 Å². The minimum Gasteiger partial charge on any atom is -0.359 e. The van der Waals surface area contributed by atoms with Gasteiger partial charge in [-0.3, -0.25) is 4.79 Å². The number of imidazole rings is 1. The van der Waals surface area contributed by atoms with Crippen molar-refractivity contribution in [3.05, 3.63) is 38.5 Å². The summed E-state index contributed by atoms with van der Waals surface area (Å²) in [4.78, 5) is 25.3. The maximum Gasteiger partial charge on any atom is 0.266 e. The molecule has 6 nitrogen and oxygen atoms in total. The molecule has 0 fully saturated rings. The molecule has 3 N–H and O–H groups in total. The molecule has 0 aliphatic rings. The Kier molecular flexibility index (Phi) is 3.77. The van der Waals surface area contributed by atoms with Crippen molar-refractivity contribution in [2.45, 2.75) is 19.4 Å². The van der Waals surface area contributed by atoms with Gasteiger partial charge in [0.05, 0.1) is 12.4 Å². The van der Waals surface area contributed by atoms with Crippen LogP contribution in [-0.2, 0) is 0 Å². The van der Waals surface area contributed by atoms with E-state index >= 15 is 0 Å². The molecule has 0 saturated heterocycles. The van der Waals surface area contributed by atoms with Gasteiger partial charge < -0.3 is 15.3 Å². The second kappa shape index (κ2) is 5.30. The summed E-state index contributed by atoms with van der Waals surface area (Å²) >= 11 is 1.97. The molecule has 1 unspecified atom stereocenters. The van der Waals surface area contributed by atoms with Gasteiger partial charge in [0, 0.05) is 12.4 Å². The van der Waals surface area contributed by atoms with E-state index in [1.54, 1.807) is 12.4 Å². The van der Waals surface area contributed by atoms with E-state index in [2.05, 4.69) is 25.3 Å². The van der Waals surface area contributed by atoms with Gasteiger partial charge in [0.2, 0.25) is 0 Å². The van der Waals surface area contributed by atoms with Crippen molar-refractivity contribution >= 4 is 28.4 Å². The van der Waals surface area contributed by atoms with Crippen LogP contribution in [0.15, 0.2) is 23.5 Å². The molecule has 0 radical (unpaired) electrons. The fourth-order valence-electron chi connectivity index (χ4n) is 1.48. The predicted octanol–water partition coefficient (Wildman–Crippen LogP) is 1.66. The SMILES string of the molecule is CCC(Nc1nc[nH]c(=O)c1I)c1ncc[nH]1. The lowest BCUT2D eigenvalue weighted by Crippen LogP contribution is -2.18. The van der Waals surface area contributed by atoms with E-state index in [1.165, 1.54) is 6.33 Å². The summed E-state index contributed by atoms with van der Waals surface area (Å²) in [5.41, 5.74) is -0.141. The van der Waals surface area contributed by atoms with Crippen LogP contribution in [0.3, 0.4) is 0 Å². The van der Waals surface area contributed by atoms with Crippen LogP contribution in [0.25, 0.3) is 0 Å². The van der Waals surface area contributed by atoms with E-state index < -0.39 is 0 Å². The number of nitrogens with zero attached hydrogens (tertiary/aromatic N) is 2. The Morgan fingerprint density at radius 2 is 2.29 bits per heavy atom. The molecule has 0 spiro atoms. The summed E-state index contributed by atoms with van der Waals surface area (Å²) in [6.07, 6.45) is 5.71. The Bertz CT molecular complexity index is 536. The normalized spacial score (nSPS) is 12.4. The van der Waals surface area contributed by atoms with Crippen LogP contribution < -0.4 is 10.9 Å². The average Bonchev–Trinajstić information content (AvgIpc) is 2.85. The third kappa shape index (κ3) is 2.65. The molecule has 2 aromatic heterocycles. The van der Waals surface area contributed by atoms with Crippen LogP contribution in [0.5, 0.6) is 0 Å². The first kappa shape index (κ1) is 12.1. The lowest BCUT2D eigenvalue weighted by molar-refractivity contribution is 0.698. The molecule has 2 aromatic rings. The summed E-state index contributed by atoms with van der Waals surface area (Å²) in [5.74, 6) is 1.42. The predicted molar refractivity (Wildman–Crippen MR) is 72.8 cm³/mol. The summed E-state index contributed by atoms with van der Waals surface area (Å²) < 4.78 is 0.551. The molecule has 0 amide bonds. The third-order valence-corrected chi connectivity index (χ3v) is 3.37. The van der Waals surface area contributed by atoms with E-state index in [-0.39, 0.29) is 11.6 Å². The molecule has 2 heterocycles. The fourth-order valence-corrected chi connectivity index (χ4v) is 1.93. The zero-order valence-corrected chi connectivity index (χ0v) is 11.4. The number of nitrogens with one attached hydrogen (secondary N) is 3. The Balaban J connectivity index is 2.25. The number of hydrogen-bond donors (Lipinski definition) is 3. The zero-order chi connectivity index (χ0) is 12.3. The molecular weight excluding hydrogens is 333 g/mol.